The van der Waals surface area contributed by atoms with Crippen molar-refractivity contribution in [2.45, 2.75) is 26.4 Å². The number of rotatable bonds is 3. The van der Waals surface area contributed by atoms with E-state index in [2.05, 4.69) is 5.32 Å². The van der Waals surface area contributed by atoms with Crippen LogP contribution in [-0.4, -0.2) is 47.4 Å². The van der Waals surface area contributed by atoms with Gasteiger partial charge in [-0.05, 0) is 31.5 Å². The van der Waals surface area contributed by atoms with Crippen LogP contribution in [0.5, 0.6) is 0 Å². The van der Waals surface area contributed by atoms with E-state index in [9.17, 15) is 9.59 Å². The fourth-order valence-corrected chi connectivity index (χ4v) is 2.67. The summed E-state index contributed by atoms with van der Waals surface area (Å²) in [6, 6.07) is 5.12. The van der Waals surface area contributed by atoms with Crippen LogP contribution in [-0.2, 0) is 11.3 Å². The molecule has 0 spiro atoms. The normalized spacial score (nSPS) is 15.4. The minimum Gasteiger partial charge on any atom is -0.337 e. The number of nitrogens with one attached hydrogen (secondary N) is 1. The SMILES string of the molecule is CC(C)N1CCN(C(=O)NCc2ccc(Cl)c(Cl)c2)CC1=O. The van der Waals surface area contributed by atoms with Crippen molar-refractivity contribution >= 4 is 35.1 Å². The minimum atomic E-state index is -0.247. The van der Waals surface area contributed by atoms with Gasteiger partial charge < -0.3 is 15.1 Å². The number of halogens is 2. The lowest BCUT2D eigenvalue weighted by molar-refractivity contribution is -0.136. The van der Waals surface area contributed by atoms with E-state index in [4.69, 9.17) is 23.2 Å². The first-order valence-electron chi connectivity index (χ1n) is 7.14. The molecule has 1 aromatic carbocycles. The topological polar surface area (TPSA) is 52.6 Å². The molecule has 1 aromatic rings. The van der Waals surface area contributed by atoms with Crippen molar-refractivity contribution in [1.29, 1.82) is 0 Å². The van der Waals surface area contributed by atoms with E-state index in [-0.39, 0.29) is 24.5 Å². The molecule has 0 bridgehead atoms. The zero-order valence-electron chi connectivity index (χ0n) is 12.6. The van der Waals surface area contributed by atoms with Crippen LogP contribution in [0, 0.1) is 0 Å². The lowest BCUT2D eigenvalue weighted by Crippen LogP contribution is -2.56. The number of urea groups is 1. The van der Waals surface area contributed by atoms with Crippen LogP contribution in [0.1, 0.15) is 19.4 Å². The van der Waals surface area contributed by atoms with Crippen LogP contribution in [0.25, 0.3) is 0 Å². The Kier molecular flexibility index (Phi) is 5.53. The summed E-state index contributed by atoms with van der Waals surface area (Å²) in [5.41, 5.74) is 0.856. The van der Waals surface area contributed by atoms with E-state index >= 15 is 0 Å². The largest absolute Gasteiger partial charge is 0.337 e. The van der Waals surface area contributed by atoms with Crippen molar-refractivity contribution < 1.29 is 9.59 Å². The second-order valence-electron chi connectivity index (χ2n) is 5.51. The smallest absolute Gasteiger partial charge is 0.318 e. The number of hydrogen-bond donors (Lipinski definition) is 1. The standard InChI is InChI=1S/C15H19Cl2N3O2/c1-10(2)20-6-5-19(9-14(20)21)15(22)18-8-11-3-4-12(16)13(17)7-11/h3-4,7,10H,5-6,8-9H2,1-2H3,(H,18,22). The highest BCUT2D eigenvalue weighted by Gasteiger charge is 2.28. The maximum absolute atomic E-state index is 12.1. The molecule has 2 rings (SSSR count). The third-order valence-electron chi connectivity index (χ3n) is 3.60. The second-order valence-corrected chi connectivity index (χ2v) is 6.32. The minimum absolute atomic E-state index is 0.0223. The molecular formula is C15H19Cl2N3O2. The van der Waals surface area contributed by atoms with E-state index in [1.807, 2.05) is 13.8 Å². The Hall–Kier alpha value is -1.46. The average molecular weight is 344 g/mol. The Labute approximate surface area is 140 Å². The first-order valence-corrected chi connectivity index (χ1v) is 7.90. The van der Waals surface area contributed by atoms with Crippen molar-refractivity contribution in [2.75, 3.05) is 19.6 Å². The molecule has 1 N–H and O–H groups in total. The number of carbonyl (C=O) groups is 2. The summed E-state index contributed by atoms with van der Waals surface area (Å²) < 4.78 is 0. The summed E-state index contributed by atoms with van der Waals surface area (Å²) >= 11 is 11.8. The summed E-state index contributed by atoms with van der Waals surface area (Å²) in [7, 11) is 0. The van der Waals surface area contributed by atoms with E-state index in [1.165, 1.54) is 4.90 Å². The van der Waals surface area contributed by atoms with Crippen LogP contribution in [0.3, 0.4) is 0 Å². The molecule has 5 nitrogen and oxygen atoms in total. The lowest BCUT2D eigenvalue weighted by atomic mass is 10.2. The van der Waals surface area contributed by atoms with Crippen molar-refractivity contribution in [3.8, 4) is 0 Å². The lowest BCUT2D eigenvalue weighted by Gasteiger charge is -2.36. The van der Waals surface area contributed by atoms with Crippen molar-refractivity contribution in [2.24, 2.45) is 0 Å². The molecular weight excluding hydrogens is 325 g/mol. The van der Waals surface area contributed by atoms with Gasteiger partial charge in [-0.3, -0.25) is 4.79 Å². The number of benzene rings is 1. The predicted octanol–water partition coefficient (Wildman–Crippen LogP) is 2.76. The van der Waals surface area contributed by atoms with Gasteiger partial charge in [0.25, 0.3) is 0 Å². The summed E-state index contributed by atoms with van der Waals surface area (Å²) in [4.78, 5) is 27.4. The molecule has 22 heavy (non-hydrogen) atoms. The van der Waals surface area contributed by atoms with E-state index in [0.29, 0.717) is 29.7 Å². The monoisotopic (exact) mass is 343 g/mol. The molecule has 3 amide bonds. The number of piperazine rings is 1. The Bertz CT molecular complexity index is 578. The van der Waals surface area contributed by atoms with Gasteiger partial charge in [0.05, 0.1) is 10.0 Å². The first kappa shape index (κ1) is 16.9. The van der Waals surface area contributed by atoms with Crippen molar-refractivity contribution in [3.05, 3.63) is 33.8 Å². The van der Waals surface area contributed by atoms with Gasteiger partial charge in [-0.1, -0.05) is 29.3 Å². The van der Waals surface area contributed by atoms with Crippen molar-refractivity contribution in [3.63, 3.8) is 0 Å². The molecule has 0 unspecified atom stereocenters. The maximum Gasteiger partial charge on any atom is 0.318 e. The number of hydrogen-bond acceptors (Lipinski definition) is 2. The van der Waals surface area contributed by atoms with Gasteiger partial charge in [0.1, 0.15) is 6.54 Å². The van der Waals surface area contributed by atoms with E-state index in [1.54, 1.807) is 23.1 Å². The number of carbonyl (C=O) groups excluding carboxylic acids is 2. The fraction of sp³-hybridized carbons (Fsp3) is 0.467. The van der Waals surface area contributed by atoms with Gasteiger partial charge >= 0.3 is 6.03 Å². The molecule has 1 aliphatic heterocycles. The van der Waals surface area contributed by atoms with Gasteiger partial charge in [0.2, 0.25) is 5.91 Å². The zero-order chi connectivity index (χ0) is 16.3. The van der Waals surface area contributed by atoms with Crippen LogP contribution in [0.2, 0.25) is 10.0 Å². The molecule has 120 valence electrons. The molecule has 0 aliphatic carbocycles. The predicted molar refractivity (Wildman–Crippen MR) is 87.1 cm³/mol. The maximum atomic E-state index is 12.1. The van der Waals surface area contributed by atoms with Gasteiger partial charge in [-0.2, -0.15) is 0 Å². The molecule has 0 aromatic heterocycles. The zero-order valence-corrected chi connectivity index (χ0v) is 14.1. The van der Waals surface area contributed by atoms with Crippen LogP contribution >= 0.6 is 23.2 Å². The molecule has 1 fully saturated rings. The summed E-state index contributed by atoms with van der Waals surface area (Å²) in [6.45, 7) is 5.50. The second kappa shape index (κ2) is 7.20. The Morgan fingerprint density at radius 2 is 2.00 bits per heavy atom. The highest BCUT2D eigenvalue weighted by Crippen LogP contribution is 2.22. The van der Waals surface area contributed by atoms with Gasteiger partial charge in [-0.15, -0.1) is 0 Å². The molecule has 1 heterocycles. The Balaban J connectivity index is 1.88. The molecule has 0 radical (unpaired) electrons. The Morgan fingerprint density at radius 1 is 1.27 bits per heavy atom. The highest BCUT2D eigenvalue weighted by molar-refractivity contribution is 6.42. The van der Waals surface area contributed by atoms with Gasteiger partial charge in [-0.25, -0.2) is 4.79 Å². The number of amides is 3. The summed E-state index contributed by atoms with van der Waals surface area (Å²) in [6.07, 6.45) is 0. The first-order chi connectivity index (χ1) is 10.4. The van der Waals surface area contributed by atoms with E-state index < -0.39 is 0 Å². The van der Waals surface area contributed by atoms with Crippen LogP contribution in [0.15, 0.2) is 18.2 Å². The van der Waals surface area contributed by atoms with Crippen molar-refractivity contribution in [1.82, 2.24) is 15.1 Å². The number of nitrogens with zero attached hydrogens (tertiary/aromatic N) is 2. The molecule has 0 saturated carbocycles. The summed E-state index contributed by atoms with van der Waals surface area (Å²) in [5.74, 6) is -0.0223. The fourth-order valence-electron chi connectivity index (χ4n) is 2.34. The summed E-state index contributed by atoms with van der Waals surface area (Å²) in [5, 5.41) is 3.73. The third-order valence-corrected chi connectivity index (χ3v) is 4.33. The molecule has 0 atom stereocenters. The Morgan fingerprint density at radius 3 is 2.59 bits per heavy atom. The van der Waals surface area contributed by atoms with Gasteiger partial charge in [0.15, 0.2) is 0 Å². The van der Waals surface area contributed by atoms with Crippen LogP contribution < -0.4 is 5.32 Å². The quantitative estimate of drug-likeness (QED) is 0.917. The van der Waals surface area contributed by atoms with Crippen LogP contribution in [0.4, 0.5) is 4.79 Å². The highest BCUT2D eigenvalue weighted by atomic mass is 35.5. The average Bonchev–Trinajstić information content (AvgIpc) is 2.47. The van der Waals surface area contributed by atoms with E-state index in [0.717, 1.165) is 5.56 Å². The van der Waals surface area contributed by atoms with Gasteiger partial charge in [0, 0.05) is 25.7 Å². The molecule has 1 saturated heterocycles. The third kappa shape index (κ3) is 4.05. The molecule has 7 heteroatoms. The molecule has 1 aliphatic rings.